The van der Waals surface area contributed by atoms with Crippen molar-refractivity contribution in [3.05, 3.63) is 12.2 Å². The van der Waals surface area contributed by atoms with Crippen LogP contribution in [0.25, 0.3) is 0 Å². The molecule has 1 saturated heterocycles. The fourth-order valence-electron chi connectivity index (χ4n) is 3.54. The van der Waals surface area contributed by atoms with E-state index in [0.29, 0.717) is 6.61 Å². The average molecular weight is 382 g/mol. The highest BCUT2D eigenvalue weighted by Crippen LogP contribution is 2.23. The molecule has 0 spiro atoms. The van der Waals surface area contributed by atoms with Crippen LogP contribution >= 0.6 is 0 Å². The van der Waals surface area contributed by atoms with E-state index in [4.69, 9.17) is 9.47 Å². The SMILES string of the molecule is CCCCCCCCCCCCC/C=C/[C@@H]1OC(C)(C)OC[C@H]1NC(C)=O. The fourth-order valence-corrected chi connectivity index (χ4v) is 3.54. The Morgan fingerprint density at radius 1 is 1.00 bits per heavy atom. The molecule has 1 fully saturated rings. The van der Waals surface area contributed by atoms with Gasteiger partial charge in [-0.3, -0.25) is 4.79 Å². The molecule has 0 radical (unpaired) electrons. The number of carbonyl (C=O) groups is 1. The smallest absolute Gasteiger partial charge is 0.217 e. The number of hydrogen-bond donors (Lipinski definition) is 1. The summed E-state index contributed by atoms with van der Waals surface area (Å²) in [5.74, 6) is -0.642. The van der Waals surface area contributed by atoms with Gasteiger partial charge in [0.25, 0.3) is 0 Å². The Hall–Kier alpha value is -0.870. The number of nitrogens with one attached hydrogen (secondary N) is 1. The average Bonchev–Trinajstić information content (AvgIpc) is 2.60. The van der Waals surface area contributed by atoms with Gasteiger partial charge < -0.3 is 14.8 Å². The lowest BCUT2D eigenvalue weighted by Crippen LogP contribution is -2.54. The molecule has 4 heteroatoms. The standard InChI is InChI=1S/C23H43NO3/c1-5-6-7-8-9-10-11-12-13-14-15-16-17-18-22-21(24-20(2)25)19-26-23(3,4)27-22/h17-18,21-22H,5-16,19H2,1-4H3,(H,24,25)/b18-17+/t21-,22+/m1/s1. The van der Waals surface area contributed by atoms with Crippen molar-refractivity contribution in [2.75, 3.05) is 6.61 Å². The summed E-state index contributed by atoms with van der Waals surface area (Å²) >= 11 is 0. The number of amides is 1. The molecule has 0 aromatic heterocycles. The van der Waals surface area contributed by atoms with Crippen LogP contribution in [0.15, 0.2) is 12.2 Å². The van der Waals surface area contributed by atoms with Gasteiger partial charge in [0.15, 0.2) is 5.79 Å². The molecule has 1 rings (SSSR count). The van der Waals surface area contributed by atoms with Crippen molar-refractivity contribution in [2.24, 2.45) is 0 Å². The zero-order valence-electron chi connectivity index (χ0n) is 18.2. The first-order chi connectivity index (χ1) is 12.9. The van der Waals surface area contributed by atoms with E-state index in [9.17, 15) is 4.79 Å². The summed E-state index contributed by atoms with van der Waals surface area (Å²) in [5.41, 5.74) is 0. The van der Waals surface area contributed by atoms with Gasteiger partial charge in [0, 0.05) is 6.92 Å². The molecule has 0 aromatic rings. The zero-order chi connectivity index (χ0) is 20.0. The first-order valence-electron chi connectivity index (χ1n) is 11.2. The van der Waals surface area contributed by atoms with E-state index in [-0.39, 0.29) is 18.1 Å². The Labute approximate surface area is 167 Å². The number of hydrogen-bond acceptors (Lipinski definition) is 3. The summed E-state index contributed by atoms with van der Waals surface area (Å²) in [6.07, 6.45) is 20.3. The van der Waals surface area contributed by atoms with Gasteiger partial charge in [0.05, 0.1) is 12.6 Å². The van der Waals surface area contributed by atoms with Gasteiger partial charge >= 0.3 is 0 Å². The van der Waals surface area contributed by atoms with E-state index < -0.39 is 5.79 Å². The van der Waals surface area contributed by atoms with Gasteiger partial charge in [-0.25, -0.2) is 0 Å². The Kier molecular flexibility index (Phi) is 12.7. The molecule has 1 aliphatic heterocycles. The van der Waals surface area contributed by atoms with E-state index in [1.807, 2.05) is 13.8 Å². The second-order valence-corrected chi connectivity index (χ2v) is 8.35. The lowest BCUT2D eigenvalue weighted by atomic mass is 10.0. The minimum atomic E-state index is -0.597. The number of carbonyl (C=O) groups excluding carboxylic acids is 1. The molecule has 2 atom stereocenters. The number of ether oxygens (including phenoxy) is 2. The van der Waals surface area contributed by atoms with Crippen LogP contribution in [0.4, 0.5) is 0 Å². The summed E-state index contributed by atoms with van der Waals surface area (Å²) in [6.45, 7) is 8.13. The van der Waals surface area contributed by atoms with E-state index in [1.54, 1.807) is 0 Å². The third kappa shape index (κ3) is 12.2. The molecule has 1 heterocycles. The maximum absolute atomic E-state index is 11.4. The van der Waals surface area contributed by atoms with Gasteiger partial charge in [0.1, 0.15) is 6.10 Å². The highest BCUT2D eigenvalue weighted by molar-refractivity contribution is 5.73. The Bertz CT molecular complexity index is 420. The van der Waals surface area contributed by atoms with Crippen molar-refractivity contribution in [2.45, 2.75) is 123 Å². The summed E-state index contributed by atoms with van der Waals surface area (Å²) < 4.78 is 11.6. The molecule has 158 valence electrons. The van der Waals surface area contributed by atoms with E-state index in [2.05, 4.69) is 24.4 Å². The van der Waals surface area contributed by atoms with Crippen LogP contribution in [-0.2, 0) is 14.3 Å². The van der Waals surface area contributed by atoms with Crippen LogP contribution in [0.5, 0.6) is 0 Å². The normalized spacial score (nSPS) is 22.2. The van der Waals surface area contributed by atoms with Crippen LogP contribution in [0, 0.1) is 0 Å². The molecule has 0 bridgehead atoms. The van der Waals surface area contributed by atoms with Crippen LogP contribution in [0.3, 0.4) is 0 Å². The third-order valence-electron chi connectivity index (χ3n) is 5.12. The third-order valence-corrected chi connectivity index (χ3v) is 5.12. The second-order valence-electron chi connectivity index (χ2n) is 8.35. The molecule has 0 saturated carbocycles. The van der Waals surface area contributed by atoms with Crippen molar-refractivity contribution in [1.29, 1.82) is 0 Å². The lowest BCUT2D eigenvalue weighted by molar-refractivity contribution is -0.271. The van der Waals surface area contributed by atoms with Crippen LogP contribution in [0.2, 0.25) is 0 Å². The molecular formula is C23H43NO3. The number of allylic oxidation sites excluding steroid dienone is 1. The summed E-state index contributed by atoms with van der Waals surface area (Å²) in [4.78, 5) is 11.4. The van der Waals surface area contributed by atoms with Gasteiger partial charge in [-0.2, -0.15) is 0 Å². The topological polar surface area (TPSA) is 47.6 Å². The second kappa shape index (κ2) is 14.2. The van der Waals surface area contributed by atoms with Gasteiger partial charge in [-0.05, 0) is 26.7 Å². The lowest BCUT2D eigenvalue weighted by Gasteiger charge is -2.40. The maximum atomic E-state index is 11.4. The molecule has 0 unspecified atom stereocenters. The predicted molar refractivity (Wildman–Crippen MR) is 113 cm³/mol. The Balaban J connectivity index is 2.09. The first kappa shape index (κ1) is 24.2. The molecule has 27 heavy (non-hydrogen) atoms. The van der Waals surface area contributed by atoms with Crippen molar-refractivity contribution in [3.8, 4) is 0 Å². The van der Waals surface area contributed by atoms with Crippen molar-refractivity contribution in [1.82, 2.24) is 5.32 Å². The van der Waals surface area contributed by atoms with Crippen LogP contribution in [0.1, 0.15) is 105 Å². The van der Waals surface area contributed by atoms with Crippen LogP contribution < -0.4 is 5.32 Å². The fraction of sp³-hybridized carbons (Fsp3) is 0.870. The molecule has 1 N–H and O–H groups in total. The highest BCUT2D eigenvalue weighted by atomic mass is 16.7. The monoisotopic (exact) mass is 381 g/mol. The maximum Gasteiger partial charge on any atom is 0.217 e. The van der Waals surface area contributed by atoms with Gasteiger partial charge in [-0.1, -0.05) is 83.3 Å². The minimum absolute atomic E-state index is 0.0457. The first-order valence-corrected chi connectivity index (χ1v) is 11.2. The van der Waals surface area contributed by atoms with Crippen molar-refractivity contribution in [3.63, 3.8) is 0 Å². The van der Waals surface area contributed by atoms with Gasteiger partial charge in [-0.15, -0.1) is 0 Å². The molecular weight excluding hydrogens is 338 g/mol. The van der Waals surface area contributed by atoms with E-state index in [1.165, 1.54) is 77.6 Å². The Morgan fingerprint density at radius 3 is 2.11 bits per heavy atom. The van der Waals surface area contributed by atoms with Crippen molar-refractivity contribution < 1.29 is 14.3 Å². The summed E-state index contributed by atoms with van der Waals surface area (Å²) in [5, 5.41) is 2.93. The summed E-state index contributed by atoms with van der Waals surface area (Å²) in [7, 11) is 0. The quantitative estimate of drug-likeness (QED) is 0.301. The number of unbranched alkanes of at least 4 members (excludes halogenated alkanes) is 11. The Morgan fingerprint density at radius 2 is 1.56 bits per heavy atom. The molecule has 4 nitrogen and oxygen atoms in total. The van der Waals surface area contributed by atoms with Gasteiger partial charge in [0.2, 0.25) is 5.91 Å². The molecule has 0 aromatic carbocycles. The highest BCUT2D eigenvalue weighted by Gasteiger charge is 2.35. The largest absolute Gasteiger partial charge is 0.348 e. The zero-order valence-corrected chi connectivity index (χ0v) is 18.2. The molecule has 1 aliphatic rings. The van der Waals surface area contributed by atoms with Crippen molar-refractivity contribution >= 4 is 5.91 Å². The predicted octanol–water partition coefficient (Wildman–Crippen LogP) is 5.90. The van der Waals surface area contributed by atoms with Crippen LogP contribution in [-0.4, -0.2) is 30.4 Å². The molecule has 0 aliphatic carbocycles. The van der Waals surface area contributed by atoms with E-state index >= 15 is 0 Å². The van der Waals surface area contributed by atoms with E-state index in [0.717, 1.165) is 6.42 Å². The number of rotatable bonds is 14. The minimum Gasteiger partial charge on any atom is -0.348 e. The molecule has 1 amide bonds. The summed E-state index contributed by atoms with van der Waals surface area (Å²) in [6, 6.07) is -0.107.